The molecule has 0 aromatic carbocycles. The zero-order valence-corrected chi connectivity index (χ0v) is 23.7. The van der Waals surface area contributed by atoms with Gasteiger partial charge in [0.1, 0.15) is 12.2 Å². The summed E-state index contributed by atoms with van der Waals surface area (Å²) in [5, 5.41) is 2.44. The van der Waals surface area contributed by atoms with Gasteiger partial charge in [0.25, 0.3) is 5.91 Å². The van der Waals surface area contributed by atoms with Crippen molar-refractivity contribution in [1.29, 1.82) is 0 Å². The van der Waals surface area contributed by atoms with Gasteiger partial charge in [-0.25, -0.2) is 9.59 Å². The van der Waals surface area contributed by atoms with E-state index in [9.17, 15) is 24.0 Å². The van der Waals surface area contributed by atoms with E-state index >= 15 is 0 Å². The van der Waals surface area contributed by atoms with Crippen molar-refractivity contribution >= 4 is 29.7 Å². The highest BCUT2D eigenvalue weighted by atomic mass is 16.6. The van der Waals surface area contributed by atoms with Crippen molar-refractivity contribution in [3.8, 4) is 0 Å². The first-order valence-electron chi connectivity index (χ1n) is 12.8. The Balaban J connectivity index is 2.59. The Bertz CT molecular complexity index is 1180. The van der Waals surface area contributed by atoms with Crippen LogP contribution < -0.4 is 16.8 Å². The number of fused-ring (bicyclic) bond motifs is 2. The molecule has 2 rings (SSSR count). The first kappa shape index (κ1) is 33.1. The second-order valence-corrected chi connectivity index (χ2v) is 9.37. The number of methoxy groups -OCH3 is 3. The molecule has 13 nitrogen and oxygen atoms in total. The zero-order chi connectivity index (χ0) is 30.7. The van der Waals surface area contributed by atoms with Crippen LogP contribution in [-0.4, -0.2) is 81.5 Å². The molecule has 13 heteroatoms. The fraction of sp³-hybridized carbons (Fsp3) is 0.464. The minimum absolute atomic E-state index is 0.0398. The number of amides is 3. The van der Waals surface area contributed by atoms with E-state index in [0.717, 1.165) is 12.2 Å². The summed E-state index contributed by atoms with van der Waals surface area (Å²) in [6, 6.07) is 0. The molecule has 2 aliphatic rings. The first-order chi connectivity index (χ1) is 19.4. The number of ketones is 2. The van der Waals surface area contributed by atoms with Gasteiger partial charge in [0.05, 0.1) is 17.9 Å². The lowest BCUT2D eigenvalue weighted by molar-refractivity contribution is -0.120. The van der Waals surface area contributed by atoms with Gasteiger partial charge in [0.2, 0.25) is 5.78 Å². The molecule has 1 heterocycles. The van der Waals surface area contributed by atoms with Crippen LogP contribution in [0.1, 0.15) is 33.1 Å². The summed E-state index contributed by atoms with van der Waals surface area (Å²) < 4.78 is 27.4. The quantitative estimate of drug-likeness (QED) is 0.320. The minimum atomic E-state index is -1.20. The van der Waals surface area contributed by atoms with E-state index in [2.05, 4.69) is 5.32 Å². The highest BCUT2D eigenvalue weighted by Crippen LogP contribution is 2.25. The van der Waals surface area contributed by atoms with Crippen LogP contribution in [-0.2, 0) is 38.1 Å². The first-order valence-corrected chi connectivity index (χ1v) is 12.8. The maximum absolute atomic E-state index is 13.3. The van der Waals surface area contributed by atoms with Crippen molar-refractivity contribution in [1.82, 2.24) is 5.32 Å². The predicted molar refractivity (Wildman–Crippen MR) is 146 cm³/mol. The molecule has 0 aromatic rings. The van der Waals surface area contributed by atoms with Crippen molar-refractivity contribution in [3.63, 3.8) is 0 Å². The predicted octanol–water partition coefficient (Wildman–Crippen LogP) is 1.67. The van der Waals surface area contributed by atoms with Crippen molar-refractivity contribution in [2.75, 3.05) is 21.3 Å². The lowest BCUT2D eigenvalue weighted by atomic mass is 9.91. The summed E-state index contributed by atoms with van der Waals surface area (Å²) in [5.41, 5.74) is 10.9. The van der Waals surface area contributed by atoms with Crippen LogP contribution in [0.3, 0.4) is 0 Å². The third kappa shape index (κ3) is 9.52. The van der Waals surface area contributed by atoms with E-state index < -0.39 is 60.2 Å². The molecule has 5 N–H and O–H groups in total. The van der Waals surface area contributed by atoms with Gasteiger partial charge in [-0.2, -0.15) is 0 Å². The molecule has 1 aliphatic carbocycles. The molecule has 1 aliphatic heterocycles. The Morgan fingerprint density at radius 1 is 0.902 bits per heavy atom. The van der Waals surface area contributed by atoms with Crippen LogP contribution >= 0.6 is 0 Å². The molecule has 5 atom stereocenters. The molecule has 0 saturated heterocycles. The molecular formula is C28H37N3O10. The molecule has 0 spiro atoms. The normalized spacial score (nSPS) is 30.0. The van der Waals surface area contributed by atoms with E-state index in [0.29, 0.717) is 12.0 Å². The van der Waals surface area contributed by atoms with E-state index in [1.54, 1.807) is 19.1 Å². The van der Waals surface area contributed by atoms with Gasteiger partial charge in [-0.05, 0) is 44.8 Å². The number of nitrogens with two attached hydrogens (primary N) is 2. The third-order valence-corrected chi connectivity index (χ3v) is 6.62. The van der Waals surface area contributed by atoms with Gasteiger partial charge in [0, 0.05) is 38.6 Å². The standard InChI is InChI=1S/C28H37N3O10/c1-15-9-10-21(37-3)22(38-4)12-11-20(40-27(29)35)18-13-17(32)14-19(24(18)33)31-26(34)16(2)7-6-8-23(39-5)25(15)41-28(30)36/h6-9,13-14,20-23,25H,10-12H2,1-5H3,(H2,29,35)(H2,30,36)(H,31,34)/b8-6-,15-9+,16-7+. The molecule has 224 valence electrons. The molecule has 0 saturated carbocycles. The second-order valence-electron chi connectivity index (χ2n) is 9.37. The smallest absolute Gasteiger partial charge is 0.405 e. The number of Topliss-reactive ketones (excluding diaryl/α,β-unsaturated/α-hetero) is 1. The Labute approximate surface area is 238 Å². The number of allylic oxidation sites excluding steroid dienone is 5. The summed E-state index contributed by atoms with van der Waals surface area (Å²) in [6.07, 6.45) is 2.83. The molecule has 3 amide bonds. The molecule has 0 aromatic heterocycles. The van der Waals surface area contributed by atoms with E-state index in [1.165, 1.54) is 40.4 Å². The van der Waals surface area contributed by atoms with Crippen molar-refractivity contribution in [2.24, 2.45) is 11.5 Å². The van der Waals surface area contributed by atoms with Crippen LogP contribution in [0.4, 0.5) is 9.59 Å². The fourth-order valence-electron chi connectivity index (χ4n) is 4.42. The lowest BCUT2D eigenvalue weighted by Gasteiger charge is -2.28. The topological polar surface area (TPSA) is 196 Å². The average Bonchev–Trinajstić information content (AvgIpc) is 2.91. The van der Waals surface area contributed by atoms with E-state index in [1.807, 2.05) is 0 Å². The summed E-state index contributed by atoms with van der Waals surface area (Å²) in [5.74, 6) is -1.94. The van der Waals surface area contributed by atoms with Crippen molar-refractivity contribution in [2.45, 2.75) is 63.6 Å². The molecule has 2 bridgehead atoms. The number of ether oxygens (including phenoxy) is 5. The Kier molecular flexibility index (Phi) is 12.6. The number of rotatable bonds is 5. The number of carbonyl (C=O) groups is 5. The SMILES string of the molecule is COC1/C=C\C=C(/C)C(=O)NC2=CC(=O)C=C(C2=O)C(OC(N)=O)CCC(OC)C(OC)C/C=C(\C)C1OC(N)=O. The minimum Gasteiger partial charge on any atom is -0.441 e. The number of nitrogens with one attached hydrogen (secondary N) is 1. The maximum Gasteiger partial charge on any atom is 0.405 e. The number of primary amides is 2. The summed E-state index contributed by atoms with van der Waals surface area (Å²) >= 11 is 0. The monoisotopic (exact) mass is 575 g/mol. The van der Waals surface area contributed by atoms with Gasteiger partial charge < -0.3 is 40.5 Å². The number of hydrogen-bond acceptors (Lipinski definition) is 10. The highest BCUT2D eigenvalue weighted by Gasteiger charge is 2.33. The van der Waals surface area contributed by atoms with E-state index in [4.69, 9.17) is 35.2 Å². The third-order valence-electron chi connectivity index (χ3n) is 6.62. The highest BCUT2D eigenvalue weighted by molar-refractivity contribution is 6.22. The van der Waals surface area contributed by atoms with Crippen molar-refractivity contribution < 1.29 is 47.7 Å². The van der Waals surface area contributed by atoms with E-state index in [-0.39, 0.29) is 29.7 Å². The van der Waals surface area contributed by atoms with Gasteiger partial charge in [-0.15, -0.1) is 0 Å². The molecular weight excluding hydrogens is 538 g/mol. The summed E-state index contributed by atoms with van der Waals surface area (Å²) in [7, 11) is 4.38. The van der Waals surface area contributed by atoms with Gasteiger partial charge in [-0.3, -0.25) is 14.4 Å². The van der Waals surface area contributed by atoms with Crippen molar-refractivity contribution in [3.05, 3.63) is 58.9 Å². The fourth-order valence-corrected chi connectivity index (χ4v) is 4.42. The van der Waals surface area contributed by atoms with Gasteiger partial charge in [-0.1, -0.05) is 24.3 Å². The zero-order valence-electron chi connectivity index (χ0n) is 23.7. The molecule has 41 heavy (non-hydrogen) atoms. The summed E-state index contributed by atoms with van der Waals surface area (Å²) in [6.45, 7) is 3.23. The van der Waals surface area contributed by atoms with Crippen LogP contribution in [0.15, 0.2) is 58.9 Å². The van der Waals surface area contributed by atoms with Crippen LogP contribution in [0.2, 0.25) is 0 Å². The average molecular weight is 576 g/mol. The Morgan fingerprint density at radius 2 is 1.56 bits per heavy atom. The number of carbonyl (C=O) groups excluding carboxylic acids is 5. The molecule has 5 unspecified atom stereocenters. The van der Waals surface area contributed by atoms with Crippen LogP contribution in [0.25, 0.3) is 0 Å². The molecule has 0 fully saturated rings. The Hall–Kier alpha value is -4.07. The second kappa shape index (κ2) is 15.6. The number of hydrogen-bond donors (Lipinski definition) is 3. The Morgan fingerprint density at radius 3 is 2.15 bits per heavy atom. The van der Waals surface area contributed by atoms with Gasteiger partial charge >= 0.3 is 12.2 Å². The lowest BCUT2D eigenvalue weighted by Crippen LogP contribution is -2.37. The van der Waals surface area contributed by atoms with Crippen LogP contribution in [0, 0.1) is 0 Å². The van der Waals surface area contributed by atoms with Gasteiger partial charge in [0.15, 0.2) is 11.9 Å². The molecule has 0 radical (unpaired) electrons. The maximum atomic E-state index is 13.3. The van der Waals surface area contributed by atoms with Crippen LogP contribution in [0.5, 0.6) is 0 Å². The summed E-state index contributed by atoms with van der Waals surface area (Å²) in [4.78, 5) is 61.9. The largest absolute Gasteiger partial charge is 0.441 e.